The minimum Gasteiger partial charge on any atom is -0.394 e. The van der Waals surface area contributed by atoms with Crippen LogP contribution in [-0.2, 0) is 11.3 Å². The number of halogens is 1. The van der Waals surface area contributed by atoms with Gasteiger partial charge < -0.3 is 10.8 Å². The van der Waals surface area contributed by atoms with E-state index < -0.39 is 5.54 Å². The van der Waals surface area contributed by atoms with Crippen LogP contribution in [0.3, 0.4) is 0 Å². The molecule has 0 spiro atoms. The third kappa shape index (κ3) is 4.48. The molecule has 1 unspecified atom stereocenters. The molecular weight excluding hydrogens is 302 g/mol. The van der Waals surface area contributed by atoms with Gasteiger partial charge in [-0.05, 0) is 29.4 Å². The summed E-state index contributed by atoms with van der Waals surface area (Å²) in [6.45, 7) is -0.0519. The summed E-state index contributed by atoms with van der Waals surface area (Å²) in [5.74, 6) is 1.73. The summed E-state index contributed by atoms with van der Waals surface area (Å²) in [5.41, 5.74) is 7.78. The Morgan fingerprint density at radius 1 is 1.05 bits per heavy atom. The third-order valence-corrected chi connectivity index (χ3v) is 4.92. The molecule has 0 bridgehead atoms. The van der Waals surface area contributed by atoms with Crippen LogP contribution < -0.4 is 5.73 Å². The van der Waals surface area contributed by atoms with Crippen molar-refractivity contribution in [1.82, 2.24) is 0 Å². The predicted molar refractivity (Wildman–Crippen MR) is 91.6 cm³/mol. The summed E-state index contributed by atoms with van der Waals surface area (Å²) in [7, 11) is 0. The average Bonchev–Trinajstić information content (AvgIpc) is 2.54. The van der Waals surface area contributed by atoms with E-state index in [9.17, 15) is 5.11 Å². The van der Waals surface area contributed by atoms with Gasteiger partial charge in [-0.15, -0.1) is 0 Å². The first kappa shape index (κ1) is 16.4. The number of rotatable bonds is 7. The first-order valence-corrected chi connectivity index (χ1v) is 8.45. The van der Waals surface area contributed by atoms with E-state index in [0.717, 1.165) is 34.1 Å². The van der Waals surface area contributed by atoms with Crippen molar-refractivity contribution in [2.45, 2.75) is 17.7 Å². The number of aliphatic hydroxyl groups excluding tert-OH is 1. The van der Waals surface area contributed by atoms with Gasteiger partial charge in [-0.25, -0.2) is 0 Å². The number of aliphatic hydroxyl groups is 1. The molecule has 2 aromatic rings. The van der Waals surface area contributed by atoms with Crippen LogP contribution in [0.25, 0.3) is 0 Å². The Hall–Kier alpha value is -1.00. The maximum absolute atomic E-state index is 9.64. The first-order valence-electron chi connectivity index (χ1n) is 6.92. The second-order valence-electron chi connectivity index (χ2n) is 5.07. The van der Waals surface area contributed by atoms with E-state index in [-0.39, 0.29) is 6.61 Å². The Morgan fingerprint density at radius 2 is 1.71 bits per heavy atom. The van der Waals surface area contributed by atoms with Gasteiger partial charge in [-0.1, -0.05) is 60.1 Å². The van der Waals surface area contributed by atoms with Gasteiger partial charge >= 0.3 is 0 Å². The SMILES string of the molecule is NC(CO)(CCSCc1ccccc1Cl)c1ccccc1. The molecule has 0 fully saturated rings. The zero-order valence-corrected chi connectivity index (χ0v) is 13.4. The highest BCUT2D eigenvalue weighted by atomic mass is 35.5. The largest absolute Gasteiger partial charge is 0.394 e. The lowest BCUT2D eigenvalue weighted by Gasteiger charge is -2.27. The molecule has 2 nitrogen and oxygen atoms in total. The van der Waals surface area contributed by atoms with Gasteiger partial charge in [-0.3, -0.25) is 0 Å². The van der Waals surface area contributed by atoms with Gasteiger partial charge in [0.05, 0.1) is 12.1 Å². The van der Waals surface area contributed by atoms with Gasteiger partial charge in [0.25, 0.3) is 0 Å². The van der Waals surface area contributed by atoms with Crippen molar-refractivity contribution < 1.29 is 5.11 Å². The van der Waals surface area contributed by atoms with E-state index in [1.807, 2.05) is 54.6 Å². The number of nitrogens with two attached hydrogens (primary N) is 1. The number of hydrogen-bond donors (Lipinski definition) is 2. The zero-order chi connectivity index (χ0) is 15.1. The topological polar surface area (TPSA) is 46.2 Å². The van der Waals surface area contributed by atoms with Crippen molar-refractivity contribution in [2.75, 3.05) is 12.4 Å². The van der Waals surface area contributed by atoms with Crippen LogP contribution in [0.1, 0.15) is 17.5 Å². The van der Waals surface area contributed by atoms with E-state index in [2.05, 4.69) is 0 Å². The molecule has 0 heterocycles. The number of thioether (sulfide) groups is 1. The third-order valence-electron chi connectivity index (χ3n) is 3.54. The Kier molecular flexibility index (Phi) is 6.12. The van der Waals surface area contributed by atoms with Crippen LogP contribution in [0.5, 0.6) is 0 Å². The van der Waals surface area contributed by atoms with Crippen molar-refractivity contribution in [1.29, 1.82) is 0 Å². The van der Waals surface area contributed by atoms with E-state index in [4.69, 9.17) is 17.3 Å². The highest BCUT2D eigenvalue weighted by molar-refractivity contribution is 7.98. The summed E-state index contributed by atoms with van der Waals surface area (Å²) >= 11 is 7.92. The molecule has 0 amide bonds. The summed E-state index contributed by atoms with van der Waals surface area (Å²) in [5, 5.41) is 10.4. The van der Waals surface area contributed by atoms with Gasteiger partial charge in [-0.2, -0.15) is 11.8 Å². The molecule has 0 aliphatic rings. The molecule has 0 saturated heterocycles. The fraction of sp³-hybridized carbons (Fsp3) is 0.294. The van der Waals surface area contributed by atoms with E-state index in [0.29, 0.717) is 0 Å². The minimum atomic E-state index is -0.672. The van der Waals surface area contributed by atoms with Crippen LogP contribution in [-0.4, -0.2) is 17.5 Å². The maximum atomic E-state index is 9.64. The Balaban J connectivity index is 1.88. The highest BCUT2D eigenvalue weighted by Gasteiger charge is 2.25. The molecule has 1 atom stereocenters. The fourth-order valence-corrected chi connectivity index (χ4v) is 3.54. The van der Waals surface area contributed by atoms with Crippen molar-refractivity contribution in [3.63, 3.8) is 0 Å². The zero-order valence-electron chi connectivity index (χ0n) is 11.8. The van der Waals surface area contributed by atoms with Crippen LogP contribution in [0.4, 0.5) is 0 Å². The summed E-state index contributed by atoms with van der Waals surface area (Å²) in [4.78, 5) is 0. The standard InChI is InChI=1S/C17H20ClNOS/c18-16-9-5-4-6-14(16)12-21-11-10-17(19,13-20)15-7-2-1-3-8-15/h1-9,20H,10-13,19H2. The molecule has 2 rings (SSSR count). The van der Waals surface area contributed by atoms with Gasteiger partial charge in [0.15, 0.2) is 0 Å². The van der Waals surface area contributed by atoms with Crippen molar-refractivity contribution in [3.8, 4) is 0 Å². The quantitative estimate of drug-likeness (QED) is 0.762. The van der Waals surface area contributed by atoms with E-state index in [1.165, 1.54) is 0 Å². The van der Waals surface area contributed by atoms with E-state index in [1.54, 1.807) is 11.8 Å². The maximum Gasteiger partial charge on any atom is 0.0653 e. The van der Waals surface area contributed by atoms with Crippen LogP contribution in [0.15, 0.2) is 54.6 Å². The van der Waals surface area contributed by atoms with Crippen LogP contribution in [0.2, 0.25) is 5.02 Å². The van der Waals surface area contributed by atoms with Crippen LogP contribution >= 0.6 is 23.4 Å². The van der Waals surface area contributed by atoms with E-state index >= 15 is 0 Å². The highest BCUT2D eigenvalue weighted by Crippen LogP contribution is 2.26. The molecular formula is C17H20ClNOS. The van der Waals surface area contributed by atoms with Crippen LogP contribution in [0, 0.1) is 0 Å². The van der Waals surface area contributed by atoms with Gasteiger partial charge in [0.2, 0.25) is 0 Å². The van der Waals surface area contributed by atoms with Crippen molar-refractivity contribution in [2.24, 2.45) is 5.73 Å². The molecule has 0 saturated carbocycles. The Morgan fingerprint density at radius 3 is 2.38 bits per heavy atom. The second kappa shape index (κ2) is 7.85. The van der Waals surface area contributed by atoms with Crippen molar-refractivity contribution >= 4 is 23.4 Å². The number of benzene rings is 2. The lowest BCUT2D eigenvalue weighted by Crippen LogP contribution is -2.41. The lowest BCUT2D eigenvalue weighted by molar-refractivity contribution is 0.193. The van der Waals surface area contributed by atoms with Gasteiger partial charge in [0.1, 0.15) is 0 Å². The smallest absolute Gasteiger partial charge is 0.0653 e. The molecule has 4 heteroatoms. The summed E-state index contributed by atoms with van der Waals surface area (Å²) in [6.07, 6.45) is 0.725. The Bertz CT molecular complexity index is 564. The second-order valence-corrected chi connectivity index (χ2v) is 6.59. The molecule has 0 aromatic heterocycles. The molecule has 21 heavy (non-hydrogen) atoms. The fourth-order valence-electron chi connectivity index (χ4n) is 2.14. The lowest BCUT2D eigenvalue weighted by atomic mass is 9.89. The number of hydrogen-bond acceptors (Lipinski definition) is 3. The summed E-state index contributed by atoms with van der Waals surface area (Å²) < 4.78 is 0. The first-order chi connectivity index (χ1) is 10.2. The molecule has 0 radical (unpaired) electrons. The Labute approximate surface area is 135 Å². The monoisotopic (exact) mass is 321 g/mol. The summed E-state index contributed by atoms with van der Waals surface area (Å²) in [6, 6.07) is 17.6. The molecule has 2 aromatic carbocycles. The van der Waals surface area contributed by atoms with Crippen molar-refractivity contribution in [3.05, 3.63) is 70.7 Å². The molecule has 3 N–H and O–H groups in total. The normalized spacial score (nSPS) is 13.9. The van der Waals surface area contributed by atoms with Gasteiger partial charge in [0, 0.05) is 10.8 Å². The molecule has 0 aliphatic heterocycles. The predicted octanol–water partition coefficient (Wildman–Crippen LogP) is 3.81. The average molecular weight is 322 g/mol. The minimum absolute atomic E-state index is 0.0519. The molecule has 0 aliphatic carbocycles. The molecule has 112 valence electrons.